The molecule has 0 aliphatic heterocycles. The van der Waals surface area contributed by atoms with Crippen LogP contribution < -0.4 is 5.63 Å². The first-order valence-electron chi connectivity index (χ1n) is 7.03. The molecule has 0 amide bonds. The first-order chi connectivity index (χ1) is 9.87. The van der Waals surface area contributed by atoms with Gasteiger partial charge in [-0.25, -0.2) is 4.79 Å². The van der Waals surface area contributed by atoms with E-state index in [9.17, 15) is 4.79 Å². The molecule has 1 aromatic carbocycles. The first kappa shape index (κ1) is 18.5. The lowest BCUT2D eigenvalue weighted by Crippen LogP contribution is -2.39. The maximum atomic E-state index is 10.8. The van der Waals surface area contributed by atoms with E-state index in [1.165, 1.54) is 24.3 Å². The zero-order chi connectivity index (χ0) is 17.1. The molecule has 7 heteroatoms. The molecular formula is C15H24O5Si2. The summed E-state index contributed by atoms with van der Waals surface area (Å²) < 4.78 is 10.7. The number of phenols is 2. The van der Waals surface area contributed by atoms with Crippen molar-refractivity contribution >= 4 is 27.6 Å². The Morgan fingerprint density at radius 3 is 1.86 bits per heavy atom. The lowest BCUT2D eigenvalue weighted by atomic mass is 10.2. The van der Waals surface area contributed by atoms with E-state index in [0.29, 0.717) is 5.39 Å². The summed E-state index contributed by atoms with van der Waals surface area (Å²) in [5.74, 6) is -0.539. The van der Waals surface area contributed by atoms with Crippen LogP contribution in [0.1, 0.15) is 0 Å². The van der Waals surface area contributed by atoms with Gasteiger partial charge in [-0.05, 0) is 51.4 Å². The molecule has 2 rings (SSSR count). The van der Waals surface area contributed by atoms with Crippen molar-refractivity contribution < 1.29 is 18.7 Å². The number of rotatable bonds is 2. The Kier molecular flexibility index (Phi) is 5.61. The molecule has 0 spiro atoms. The average molecular weight is 341 g/mol. The minimum atomic E-state index is -1.23. The van der Waals surface area contributed by atoms with Crippen LogP contribution in [-0.2, 0) is 4.12 Å². The van der Waals surface area contributed by atoms with Crippen LogP contribution in [0, 0.1) is 0 Å². The van der Waals surface area contributed by atoms with Gasteiger partial charge in [-0.2, -0.15) is 0 Å². The third-order valence-electron chi connectivity index (χ3n) is 2.33. The number of aromatic hydroxyl groups is 2. The van der Waals surface area contributed by atoms with Crippen molar-refractivity contribution in [1.29, 1.82) is 0 Å². The predicted octanol–water partition coefficient (Wildman–Crippen LogP) is 3.88. The lowest BCUT2D eigenvalue weighted by Gasteiger charge is -2.27. The monoisotopic (exact) mass is 340 g/mol. The van der Waals surface area contributed by atoms with Crippen LogP contribution >= 0.6 is 0 Å². The van der Waals surface area contributed by atoms with Crippen molar-refractivity contribution in [2.75, 3.05) is 0 Å². The van der Waals surface area contributed by atoms with Gasteiger partial charge >= 0.3 is 5.63 Å². The molecule has 5 nitrogen and oxygen atoms in total. The quantitative estimate of drug-likeness (QED) is 0.493. The van der Waals surface area contributed by atoms with Gasteiger partial charge in [-0.15, -0.1) is 0 Å². The molecule has 0 aliphatic carbocycles. The topological polar surface area (TPSA) is 79.9 Å². The first-order valence-corrected chi connectivity index (χ1v) is 13.8. The Hall–Kier alpha value is -1.58. The van der Waals surface area contributed by atoms with Gasteiger partial charge < -0.3 is 18.7 Å². The number of fused-ring (bicyclic) bond motifs is 1. The molecule has 0 saturated heterocycles. The van der Waals surface area contributed by atoms with Gasteiger partial charge in [0.05, 0.1) is 0 Å². The van der Waals surface area contributed by atoms with E-state index in [-0.39, 0.29) is 17.1 Å². The molecule has 0 radical (unpaired) electrons. The zero-order valence-corrected chi connectivity index (χ0v) is 15.9. The molecule has 0 fully saturated rings. The van der Waals surface area contributed by atoms with Crippen molar-refractivity contribution in [2.45, 2.75) is 39.3 Å². The minimum Gasteiger partial charge on any atom is -0.504 e. The van der Waals surface area contributed by atoms with Crippen molar-refractivity contribution in [2.24, 2.45) is 0 Å². The van der Waals surface area contributed by atoms with Gasteiger partial charge in [-0.1, -0.05) is 0 Å². The Morgan fingerprint density at radius 1 is 0.909 bits per heavy atom. The van der Waals surface area contributed by atoms with Gasteiger partial charge in [0.25, 0.3) is 0 Å². The Labute approximate surface area is 132 Å². The third-order valence-corrected chi connectivity index (χ3v) is 7.23. The summed E-state index contributed by atoms with van der Waals surface area (Å²) in [6.07, 6.45) is 0. The highest BCUT2D eigenvalue weighted by Crippen LogP contribution is 2.28. The van der Waals surface area contributed by atoms with E-state index < -0.39 is 22.3 Å². The van der Waals surface area contributed by atoms with Crippen LogP contribution in [0.15, 0.2) is 33.5 Å². The fourth-order valence-corrected chi connectivity index (χ4v) is 9.36. The van der Waals surface area contributed by atoms with Gasteiger partial charge in [0.1, 0.15) is 5.58 Å². The number of phenolic OH excluding ortho intramolecular Hbond substituents is 2. The average Bonchev–Trinajstić information content (AvgIpc) is 2.27. The largest absolute Gasteiger partial charge is 0.504 e. The highest BCUT2D eigenvalue weighted by Gasteiger charge is 2.24. The SMILES string of the molecule is C[Si](C)(C)O[Si](C)(C)C.O=c1ccc2cc(O)c(O)cc2o1. The second-order valence-electron chi connectivity index (χ2n) is 6.96. The van der Waals surface area contributed by atoms with Crippen molar-refractivity contribution in [3.05, 3.63) is 34.7 Å². The molecule has 2 N–H and O–H groups in total. The second-order valence-corrected chi connectivity index (χ2v) is 16.2. The number of benzene rings is 1. The normalized spacial score (nSPS) is 11.9. The second kappa shape index (κ2) is 6.68. The molecule has 0 unspecified atom stereocenters. The molecule has 22 heavy (non-hydrogen) atoms. The Morgan fingerprint density at radius 2 is 1.41 bits per heavy atom. The summed E-state index contributed by atoms with van der Waals surface area (Å²) in [6.45, 7) is 13.4. The van der Waals surface area contributed by atoms with Crippen LogP contribution in [0.2, 0.25) is 39.3 Å². The van der Waals surface area contributed by atoms with Crippen LogP contribution in [0.5, 0.6) is 11.5 Å². The van der Waals surface area contributed by atoms with E-state index in [4.69, 9.17) is 18.7 Å². The summed E-state index contributed by atoms with van der Waals surface area (Å²) in [5.41, 5.74) is -0.236. The maximum absolute atomic E-state index is 10.8. The molecule has 1 aromatic heterocycles. The predicted molar refractivity (Wildman–Crippen MR) is 93.6 cm³/mol. The Balaban J connectivity index is 0.000000239. The maximum Gasteiger partial charge on any atom is 0.336 e. The fraction of sp³-hybridized carbons (Fsp3) is 0.400. The van der Waals surface area contributed by atoms with E-state index >= 15 is 0 Å². The van der Waals surface area contributed by atoms with Crippen molar-refractivity contribution in [3.8, 4) is 11.5 Å². The highest BCUT2D eigenvalue weighted by atomic mass is 28.4. The molecule has 1 heterocycles. The number of hydrogen-bond acceptors (Lipinski definition) is 5. The fourth-order valence-electron chi connectivity index (χ4n) is 2.01. The zero-order valence-electron chi connectivity index (χ0n) is 13.9. The van der Waals surface area contributed by atoms with E-state index in [1.807, 2.05) is 0 Å². The number of hydrogen-bond donors (Lipinski definition) is 2. The van der Waals surface area contributed by atoms with Gasteiger partial charge in [-0.3, -0.25) is 0 Å². The summed E-state index contributed by atoms with van der Waals surface area (Å²) in [6, 6.07) is 5.29. The Bertz CT molecular complexity index is 684. The van der Waals surface area contributed by atoms with Crippen LogP contribution in [0.3, 0.4) is 0 Å². The van der Waals surface area contributed by atoms with Crippen molar-refractivity contribution in [1.82, 2.24) is 0 Å². The van der Waals surface area contributed by atoms with Crippen molar-refractivity contribution in [3.63, 3.8) is 0 Å². The highest BCUT2D eigenvalue weighted by molar-refractivity contribution is 6.83. The molecule has 0 aliphatic rings. The summed E-state index contributed by atoms with van der Waals surface area (Å²) in [7, 11) is -2.46. The van der Waals surface area contributed by atoms with Crippen LogP contribution in [0.4, 0.5) is 0 Å². The smallest absolute Gasteiger partial charge is 0.336 e. The van der Waals surface area contributed by atoms with Crippen LogP contribution in [-0.4, -0.2) is 26.8 Å². The molecule has 122 valence electrons. The van der Waals surface area contributed by atoms with Gasteiger partial charge in [0.2, 0.25) is 0 Å². The molecule has 0 bridgehead atoms. The minimum absolute atomic E-state index is 0.235. The standard InChI is InChI=1S/C9H6O4.C6H18OSi2/c10-6-3-5-1-2-9(12)13-8(5)4-7(6)11;1-8(2,3)7-9(4,5)6/h1-4,10-11H;1-6H3. The van der Waals surface area contributed by atoms with E-state index in [0.717, 1.165) is 0 Å². The summed E-state index contributed by atoms with van der Waals surface area (Å²) in [4.78, 5) is 10.8. The van der Waals surface area contributed by atoms with E-state index in [1.54, 1.807) is 0 Å². The molecule has 0 saturated carbocycles. The summed E-state index contributed by atoms with van der Waals surface area (Å²) in [5, 5.41) is 18.8. The molecule has 0 atom stereocenters. The van der Waals surface area contributed by atoms with Gasteiger partial charge in [0.15, 0.2) is 28.1 Å². The lowest BCUT2D eigenvalue weighted by molar-refractivity contribution is 0.403. The van der Waals surface area contributed by atoms with Gasteiger partial charge in [0, 0.05) is 17.5 Å². The van der Waals surface area contributed by atoms with E-state index in [2.05, 4.69) is 39.3 Å². The third kappa shape index (κ3) is 6.46. The molecular weight excluding hydrogens is 316 g/mol. The van der Waals surface area contributed by atoms with Crippen LogP contribution in [0.25, 0.3) is 11.0 Å². The molecule has 2 aromatic rings. The summed E-state index contributed by atoms with van der Waals surface area (Å²) >= 11 is 0.